The molecule has 0 aromatic heterocycles. The maximum atomic E-state index is 2.25. The van der Waals surface area contributed by atoms with Crippen molar-refractivity contribution in [1.29, 1.82) is 0 Å². The van der Waals surface area contributed by atoms with Gasteiger partial charge in [-0.25, -0.2) is 0 Å². The van der Waals surface area contributed by atoms with Crippen LogP contribution in [0.15, 0.2) is 45.3 Å². The van der Waals surface area contributed by atoms with Crippen molar-refractivity contribution in [3.8, 4) is 0 Å². The van der Waals surface area contributed by atoms with E-state index in [1.54, 1.807) is 23.5 Å². The lowest BCUT2D eigenvalue weighted by atomic mass is 10.2. The molecule has 0 unspecified atom stereocenters. The Bertz CT molecular complexity index is 296. The van der Waals surface area contributed by atoms with Gasteiger partial charge in [0.2, 0.25) is 0 Å². The van der Waals surface area contributed by atoms with Gasteiger partial charge in [0.15, 0.2) is 0 Å². The molecule has 62 valence electrons. The first kappa shape index (κ1) is 8.27. The molecule has 0 aromatic rings. The summed E-state index contributed by atoms with van der Waals surface area (Å²) >= 11 is 3.61. The second-order valence-corrected chi connectivity index (χ2v) is 4.46. The van der Waals surface area contributed by atoms with E-state index in [2.05, 4.69) is 36.8 Å². The summed E-state index contributed by atoms with van der Waals surface area (Å²) in [5.41, 5.74) is 2.76. The monoisotopic (exact) mass is 194 g/mol. The Balaban J connectivity index is 2.28. The average Bonchev–Trinajstić information content (AvgIpc) is 2.59. The average molecular weight is 194 g/mol. The highest BCUT2D eigenvalue weighted by atomic mass is 32.2. The van der Waals surface area contributed by atoms with Crippen molar-refractivity contribution in [2.45, 2.75) is 0 Å². The van der Waals surface area contributed by atoms with Crippen molar-refractivity contribution in [3.05, 3.63) is 45.3 Å². The minimum Gasteiger partial charge on any atom is -0.130 e. The molecular weight excluding hydrogens is 184 g/mol. The third-order valence-corrected chi connectivity index (χ3v) is 3.41. The lowest BCUT2D eigenvalue weighted by Crippen LogP contribution is -1.67. The number of hydrogen-bond donors (Lipinski definition) is 0. The second-order valence-electron chi connectivity index (χ2n) is 2.70. The smallest absolute Gasteiger partial charge is 0.00814 e. The fourth-order valence-electron chi connectivity index (χ4n) is 1.35. The molecule has 0 N–H and O–H groups in total. The number of thioether (sulfide) groups is 2. The molecule has 0 nitrogen and oxygen atoms in total. The molecule has 0 radical (unpaired) electrons. The zero-order valence-electron chi connectivity index (χ0n) is 7.13. The highest BCUT2D eigenvalue weighted by molar-refractivity contribution is 8.02. The molecule has 2 aliphatic rings. The van der Waals surface area contributed by atoms with Crippen molar-refractivity contribution in [2.24, 2.45) is 0 Å². The third-order valence-electron chi connectivity index (χ3n) is 2.00. The summed E-state index contributed by atoms with van der Waals surface area (Å²) in [6.07, 6.45) is 13.2. The van der Waals surface area contributed by atoms with Crippen LogP contribution in [0.2, 0.25) is 0 Å². The summed E-state index contributed by atoms with van der Waals surface area (Å²) in [5.74, 6) is 0. The van der Waals surface area contributed by atoms with E-state index in [-0.39, 0.29) is 0 Å². The highest BCUT2D eigenvalue weighted by Gasteiger charge is 2.15. The Morgan fingerprint density at radius 2 is 1.17 bits per heavy atom. The number of allylic oxidation sites excluding steroid dienone is 6. The van der Waals surface area contributed by atoms with Gasteiger partial charge in [0.05, 0.1) is 0 Å². The molecule has 0 amide bonds. The fourth-order valence-corrected chi connectivity index (χ4v) is 2.33. The van der Waals surface area contributed by atoms with E-state index in [4.69, 9.17) is 0 Å². The Hall–Kier alpha value is -0.340. The minimum absolute atomic E-state index is 1.37. The zero-order valence-corrected chi connectivity index (χ0v) is 8.76. The van der Waals surface area contributed by atoms with Crippen molar-refractivity contribution >= 4 is 23.5 Å². The van der Waals surface area contributed by atoms with Crippen LogP contribution >= 0.6 is 23.5 Å². The van der Waals surface area contributed by atoms with Crippen molar-refractivity contribution in [1.82, 2.24) is 0 Å². The van der Waals surface area contributed by atoms with Gasteiger partial charge in [-0.3, -0.25) is 0 Å². The summed E-state index contributed by atoms with van der Waals surface area (Å²) in [4.78, 5) is 2.74. The van der Waals surface area contributed by atoms with Crippen LogP contribution in [0.3, 0.4) is 0 Å². The predicted molar refractivity (Wildman–Crippen MR) is 59.4 cm³/mol. The van der Waals surface area contributed by atoms with Crippen LogP contribution in [0.25, 0.3) is 0 Å². The highest BCUT2D eigenvalue weighted by Crippen LogP contribution is 2.37. The van der Waals surface area contributed by atoms with E-state index in [0.717, 1.165) is 0 Å². The van der Waals surface area contributed by atoms with Crippen molar-refractivity contribution in [2.75, 3.05) is 12.5 Å². The number of rotatable bonds is 2. The number of fused-ring (bicyclic) bond motifs is 1. The molecule has 2 heteroatoms. The van der Waals surface area contributed by atoms with E-state index in [1.165, 1.54) is 21.0 Å². The van der Waals surface area contributed by atoms with E-state index >= 15 is 0 Å². The summed E-state index contributed by atoms with van der Waals surface area (Å²) in [5, 5.41) is 0. The Kier molecular flexibility index (Phi) is 2.20. The standard InChI is InChI=1S/C10H10S2/c1-11-9-3-7-5-10(12-2)6-8(7)4-9/h3-6H,1-2H3. The molecule has 0 spiro atoms. The van der Waals surface area contributed by atoms with E-state index in [9.17, 15) is 0 Å². The second kappa shape index (κ2) is 3.19. The van der Waals surface area contributed by atoms with Crippen LogP contribution in [-0.2, 0) is 0 Å². The summed E-state index contributed by atoms with van der Waals surface area (Å²) in [6.45, 7) is 0. The molecule has 0 fully saturated rings. The number of hydrogen-bond acceptors (Lipinski definition) is 2. The fraction of sp³-hybridized carbons (Fsp3) is 0.200. The Labute approximate surface area is 81.5 Å². The van der Waals surface area contributed by atoms with Crippen LogP contribution in [0, 0.1) is 0 Å². The van der Waals surface area contributed by atoms with Gasteiger partial charge in [-0.2, -0.15) is 0 Å². The zero-order chi connectivity index (χ0) is 8.55. The lowest BCUT2D eigenvalue weighted by molar-refractivity contribution is 1.69. The molecule has 12 heavy (non-hydrogen) atoms. The lowest BCUT2D eigenvalue weighted by Gasteiger charge is -1.89. The third kappa shape index (κ3) is 1.29. The van der Waals surface area contributed by atoms with Gasteiger partial charge in [-0.15, -0.1) is 23.5 Å². The van der Waals surface area contributed by atoms with Gasteiger partial charge in [0.25, 0.3) is 0 Å². The molecular formula is C10H10S2. The van der Waals surface area contributed by atoms with Gasteiger partial charge in [0.1, 0.15) is 0 Å². The maximum absolute atomic E-state index is 2.25. The van der Waals surface area contributed by atoms with E-state index < -0.39 is 0 Å². The summed E-state index contributed by atoms with van der Waals surface area (Å²) in [7, 11) is 0. The maximum Gasteiger partial charge on any atom is 0.00814 e. The van der Waals surface area contributed by atoms with Crippen molar-refractivity contribution < 1.29 is 0 Å². The van der Waals surface area contributed by atoms with Gasteiger partial charge in [-0.05, 0) is 48.0 Å². The summed E-state index contributed by atoms with van der Waals surface area (Å²) in [6, 6.07) is 0. The molecule has 0 saturated carbocycles. The largest absolute Gasteiger partial charge is 0.130 e. The molecule has 2 aliphatic carbocycles. The van der Waals surface area contributed by atoms with Crippen LogP contribution < -0.4 is 0 Å². The molecule has 2 rings (SSSR count). The Morgan fingerprint density at radius 1 is 0.750 bits per heavy atom. The quantitative estimate of drug-likeness (QED) is 0.661. The summed E-state index contributed by atoms with van der Waals surface area (Å²) < 4.78 is 0. The van der Waals surface area contributed by atoms with Crippen LogP contribution in [-0.4, -0.2) is 12.5 Å². The normalized spacial score (nSPS) is 19.8. The minimum atomic E-state index is 1.37. The first-order valence-corrected chi connectivity index (χ1v) is 6.23. The first-order valence-electron chi connectivity index (χ1n) is 3.78. The van der Waals surface area contributed by atoms with Gasteiger partial charge in [0, 0.05) is 9.81 Å². The molecule has 0 saturated heterocycles. The predicted octanol–water partition coefficient (Wildman–Crippen LogP) is 3.36. The van der Waals surface area contributed by atoms with E-state index in [1.807, 2.05) is 0 Å². The van der Waals surface area contributed by atoms with Crippen LogP contribution in [0.5, 0.6) is 0 Å². The van der Waals surface area contributed by atoms with Gasteiger partial charge >= 0.3 is 0 Å². The van der Waals surface area contributed by atoms with Gasteiger partial charge < -0.3 is 0 Å². The molecule has 0 heterocycles. The molecule has 0 aromatic carbocycles. The first-order chi connectivity index (χ1) is 5.83. The molecule has 0 bridgehead atoms. The van der Waals surface area contributed by atoms with Crippen molar-refractivity contribution in [3.63, 3.8) is 0 Å². The Morgan fingerprint density at radius 3 is 1.50 bits per heavy atom. The van der Waals surface area contributed by atoms with Gasteiger partial charge in [-0.1, -0.05) is 0 Å². The van der Waals surface area contributed by atoms with Crippen LogP contribution in [0.1, 0.15) is 0 Å². The molecule has 0 atom stereocenters. The molecule has 0 aliphatic heterocycles. The topological polar surface area (TPSA) is 0 Å². The van der Waals surface area contributed by atoms with Crippen LogP contribution in [0.4, 0.5) is 0 Å². The SMILES string of the molecule is CSC1=CC2=CC(SC)=CC2=C1. The van der Waals surface area contributed by atoms with E-state index in [0.29, 0.717) is 0 Å².